The number of aliphatic hydroxyl groups is 1. The van der Waals surface area contributed by atoms with E-state index in [0.29, 0.717) is 17.1 Å². The van der Waals surface area contributed by atoms with Crippen molar-refractivity contribution in [2.75, 3.05) is 6.61 Å². The highest BCUT2D eigenvalue weighted by Crippen LogP contribution is 2.24. The minimum absolute atomic E-state index is 0.0156. The van der Waals surface area contributed by atoms with Gasteiger partial charge in [0.1, 0.15) is 17.5 Å². The predicted molar refractivity (Wildman–Crippen MR) is 101 cm³/mol. The molecule has 5 heteroatoms. The highest BCUT2D eigenvalue weighted by atomic mass is 16.3. The van der Waals surface area contributed by atoms with E-state index in [1.165, 1.54) is 4.57 Å². The molecule has 2 aromatic carbocycles. The number of aryl methyl sites for hydroxylation is 2. The Labute approximate surface area is 151 Å². The van der Waals surface area contributed by atoms with Gasteiger partial charge in [0.15, 0.2) is 0 Å². The molecule has 0 aliphatic rings. The number of hydrogen-bond acceptors (Lipinski definition) is 4. The van der Waals surface area contributed by atoms with Crippen molar-refractivity contribution in [2.45, 2.75) is 20.4 Å². The zero-order valence-electron chi connectivity index (χ0n) is 14.7. The van der Waals surface area contributed by atoms with E-state index < -0.39 is 5.56 Å². The second-order valence-electron chi connectivity index (χ2n) is 6.18. The fourth-order valence-electron chi connectivity index (χ4n) is 2.81. The summed E-state index contributed by atoms with van der Waals surface area (Å²) < 4.78 is 1.36. The van der Waals surface area contributed by atoms with Gasteiger partial charge in [-0.05, 0) is 13.8 Å². The van der Waals surface area contributed by atoms with Crippen LogP contribution in [-0.2, 0) is 6.54 Å². The van der Waals surface area contributed by atoms with Gasteiger partial charge in [0.2, 0.25) is 0 Å². The lowest BCUT2D eigenvalue weighted by atomic mass is 10.0. The van der Waals surface area contributed by atoms with E-state index in [-0.39, 0.29) is 18.7 Å². The van der Waals surface area contributed by atoms with Crippen LogP contribution in [0.25, 0.3) is 22.6 Å². The van der Waals surface area contributed by atoms with Crippen LogP contribution in [0.3, 0.4) is 0 Å². The summed E-state index contributed by atoms with van der Waals surface area (Å²) in [6.07, 6.45) is 0. The molecule has 130 valence electrons. The van der Waals surface area contributed by atoms with E-state index in [1.807, 2.05) is 68.4 Å². The molecule has 0 bridgehead atoms. The first kappa shape index (κ1) is 17.6. The molecule has 1 heterocycles. The third-order valence-electron chi connectivity index (χ3n) is 4.24. The zero-order chi connectivity index (χ0) is 18.7. The topological polar surface area (TPSA) is 78.9 Å². The normalized spacial score (nSPS) is 10.5. The standard InChI is InChI=1S/C21H19N3O2/c1-14-3-7-16(8-4-14)19-18(13-22)21(26)24(11-12-25)20(23-19)17-9-5-15(2)6-10-17/h3-10,25H,11-12H2,1-2H3. The maximum absolute atomic E-state index is 12.9. The highest BCUT2D eigenvalue weighted by Gasteiger charge is 2.18. The summed E-state index contributed by atoms with van der Waals surface area (Å²) in [4.78, 5) is 17.6. The molecule has 0 saturated heterocycles. The number of nitrogens with zero attached hydrogens (tertiary/aromatic N) is 3. The number of nitriles is 1. The van der Waals surface area contributed by atoms with Crippen LogP contribution in [0.4, 0.5) is 0 Å². The minimum atomic E-state index is -0.442. The Kier molecular flexibility index (Phi) is 4.97. The fourth-order valence-corrected chi connectivity index (χ4v) is 2.81. The van der Waals surface area contributed by atoms with Gasteiger partial charge in [0, 0.05) is 11.1 Å². The predicted octanol–water partition coefficient (Wildman–Crippen LogP) is 3.06. The largest absolute Gasteiger partial charge is 0.395 e. The van der Waals surface area contributed by atoms with Crippen LogP contribution in [-0.4, -0.2) is 21.3 Å². The van der Waals surface area contributed by atoms with Crippen LogP contribution in [0.15, 0.2) is 53.3 Å². The third kappa shape index (κ3) is 3.28. The summed E-state index contributed by atoms with van der Waals surface area (Å²) in [5.41, 5.74) is 3.56. The van der Waals surface area contributed by atoms with Crippen molar-refractivity contribution in [1.29, 1.82) is 5.26 Å². The minimum Gasteiger partial charge on any atom is -0.395 e. The van der Waals surface area contributed by atoms with Crippen molar-refractivity contribution in [3.05, 3.63) is 75.6 Å². The Morgan fingerprint density at radius 1 is 1.00 bits per heavy atom. The van der Waals surface area contributed by atoms with Crippen LogP contribution >= 0.6 is 0 Å². The first-order valence-electron chi connectivity index (χ1n) is 8.35. The second-order valence-corrected chi connectivity index (χ2v) is 6.18. The Morgan fingerprint density at radius 3 is 2.04 bits per heavy atom. The molecule has 1 N–H and O–H groups in total. The Bertz CT molecular complexity index is 1030. The lowest BCUT2D eigenvalue weighted by molar-refractivity contribution is 0.274. The van der Waals surface area contributed by atoms with Crippen molar-refractivity contribution in [3.63, 3.8) is 0 Å². The van der Waals surface area contributed by atoms with E-state index in [0.717, 1.165) is 16.7 Å². The van der Waals surface area contributed by atoms with Crippen molar-refractivity contribution in [3.8, 4) is 28.7 Å². The molecule has 0 aliphatic heterocycles. The van der Waals surface area contributed by atoms with Crippen LogP contribution in [0, 0.1) is 25.2 Å². The molecule has 0 radical (unpaired) electrons. The molecule has 0 saturated carbocycles. The molecule has 0 atom stereocenters. The average Bonchev–Trinajstić information content (AvgIpc) is 2.65. The third-order valence-corrected chi connectivity index (χ3v) is 4.24. The Hall–Kier alpha value is -3.23. The monoisotopic (exact) mass is 345 g/mol. The molecule has 1 aromatic heterocycles. The van der Waals surface area contributed by atoms with E-state index in [9.17, 15) is 15.2 Å². The van der Waals surface area contributed by atoms with Gasteiger partial charge >= 0.3 is 0 Å². The lowest BCUT2D eigenvalue weighted by Gasteiger charge is -2.15. The SMILES string of the molecule is Cc1ccc(-c2nc(-c3ccc(C)cc3)n(CCO)c(=O)c2C#N)cc1. The van der Waals surface area contributed by atoms with Gasteiger partial charge in [0.25, 0.3) is 5.56 Å². The molecule has 26 heavy (non-hydrogen) atoms. The highest BCUT2D eigenvalue weighted by molar-refractivity contribution is 5.69. The van der Waals surface area contributed by atoms with Crippen LogP contribution in [0.2, 0.25) is 0 Å². The Balaban J connectivity index is 2.32. The maximum Gasteiger partial charge on any atom is 0.272 e. The number of hydrogen-bond donors (Lipinski definition) is 1. The first-order chi connectivity index (χ1) is 12.5. The van der Waals surface area contributed by atoms with Crippen molar-refractivity contribution in [2.24, 2.45) is 0 Å². The van der Waals surface area contributed by atoms with Gasteiger partial charge in [-0.15, -0.1) is 0 Å². The zero-order valence-corrected chi connectivity index (χ0v) is 14.7. The quantitative estimate of drug-likeness (QED) is 0.788. The van der Waals surface area contributed by atoms with Crippen LogP contribution in [0.5, 0.6) is 0 Å². The molecule has 3 rings (SSSR count). The summed E-state index contributed by atoms with van der Waals surface area (Å²) in [5.74, 6) is 0.443. The van der Waals surface area contributed by atoms with Gasteiger partial charge in [-0.25, -0.2) is 4.98 Å². The van der Waals surface area contributed by atoms with Gasteiger partial charge in [-0.1, -0.05) is 59.7 Å². The molecule has 0 fully saturated rings. The van der Waals surface area contributed by atoms with Crippen molar-refractivity contribution >= 4 is 0 Å². The molecular weight excluding hydrogens is 326 g/mol. The van der Waals surface area contributed by atoms with Gasteiger partial charge < -0.3 is 5.11 Å². The van der Waals surface area contributed by atoms with Crippen LogP contribution in [0.1, 0.15) is 16.7 Å². The van der Waals surface area contributed by atoms with Crippen LogP contribution < -0.4 is 5.56 Å². The van der Waals surface area contributed by atoms with E-state index in [2.05, 4.69) is 4.98 Å². The number of aliphatic hydroxyl groups excluding tert-OH is 1. The molecule has 0 amide bonds. The lowest BCUT2D eigenvalue weighted by Crippen LogP contribution is -2.28. The Morgan fingerprint density at radius 2 is 1.54 bits per heavy atom. The molecule has 5 nitrogen and oxygen atoms in total. The average molecular weight is 345 g/mol. The molecule has 0 spiro atoms. The van der Waals surface area contributed by atoms with Gasteiger partial charge in [0.05, 0.1) is 18.8 Å². The smallest absolute Gasteiger partial charge is 0.272 e. The molecular formula is C21H19N3O2. The summed E-state index contributed by atoms with van der Waals surface area (Å²) in [6.45, 7) is 3.82. The second kappa shape index (κ2) is 7.34. The summed E-state index contributed by atoms with van der Waals surface area (Å²) in [7, 11) is 0. The van der Waals surface area contributed by atoms with Crippen molar-refractivity contribution in [1.82, 2.24) is 9.55 Å². The van der Waals surface area contributed by atoms with Crippen molar-refractivity contribution < 1.29 is 5.11 Å². The number of aromatic nitrogens is 2. The first-order valence-corrected chi connectivity index (χ1v) is 8.35. The van der Waals surface area contributed by atoms with Gasteiger partial charge in [-0.2, -0.15) is 5.26 Å². The molecule has 0 unspecified atom stereocenters. The molecule has 0 aliphatic carbocycles. The summed E-state index contributed by atoms with van der Waals surface area (Å²) in [6, 6.07) is 17.2. The summed E-state index contributed by atoms with van der Waals surface area (Å²) in [5, 5.41) is 18.9. The maximum atomic E-state index is 12.9. The van der Waals surface area contributed by atoms with E-state index in [4.69, 9.17) is 0 Å². The molecule has 3 aromatic rings. The van der Waals surface area contributed by atoms with Gasteiger partial charge in [-0.3, -0.25) is 9.36 Å². The van der Waals surface area contributed by atoms with E-state index in [1.54, 1.807) is 0 Å². The fraction of sp³-hybridized carbons (Fsp3) is 0.190. The number of benzene rings is 2. The summed E-state index contributed by atoms with van der Waals surface area (Å²) >= 11 is 0. The van der Waals surface area contributed by atoms with E-state index >= 15 is 0 Å². The number of rotatable bonds is 4.